The van der Waals surface area contributed by atoms with Gasteiger partial charge in [0.25, 0.3) is 0 Å². The van der Waals surface area contributed by atoms with Gasteiger partial charge in [-0.05, 0) is 18.6 Å². The Hall–Kier alpha value is -2.07. The van der Waals surface area contributed by atoms with Crippen molar-refractivity contribution < 1.29 is 22.5 Å². The van der Waals surface area contributed by atoms with Gasteiger partial charge in [-0.3, -0.25) is 14.9 Å². The maximum atomic E-state index is 13.4. The molecule has 1 aromatic carbocycles. The molecule has 1 aromatic rings. The van der Waals surface area contributed by atoms with Gasteiger partial charge in [-0.2, -0.15) is 8.70 Å². The molecular weight excluding hydrogens is 305 g/mol. The third kappa shape index (κ3) is 3.52. The van der Waals surface area contributed by atoms with E-state index in [2.05, 4.69) is 0 Å². The van der Waals surface area contributed by atoms with Gasteiger partial charge in [-0.1, -0.05) is 6.92 Å². The fourth-order valence-corrected chi connectivity index (χ4v) is 3.38. The van der Waals surface area contributed by atoms with Crippen molar-refractivity contribution in [2.75, 3.05) is 13.1 Å². The molecule has 0 saturated heterocycles. The lowest BCUT2D eigenvalue weighted by molar-refractivity contribution is -0.387. The number of sulfonamides is 1. The number of benzene rings is 1. The number of carbonyl (C=O) groups is 1. The van der Waals surface area contributed by atoms with Crippen molar-refractivity contribution in [2.45, 2.75) is 18.7 Å². The van der Waals surface area contributed by atoms with Crippen LogP contribution in [0.3, 0.4) is 0 Å². The lowest BCUT2D eigenvalue weighted by Crippen LogP contribution is -2.38. The molecule has 0 saturated carbocycles. The maximum absolute atomic E-state index is 13.4. The lowest BCUT2D eigenvalue weighted by Gasteiger charge is -2.19. The molecule has 21 heavy (non-hydrogen) atoms. The summed E-state index contributed by atoms with van der Waals surface area (Å²) in [4.78, 5) is 20.2. The molecule has 0 aliphatic heterocycles. The van der Waals surface area contributed by atoms with Crippen molar-refractivity contribution in [1.29, 1.82) is 0 Å². The van der Waals surface area contributed by atoms with E-state index >= 15 is 0 Å². The molecule has 0 spiro atoms. The van der Waals surface area contributed by atoms with E-state index in [1.165, 1.54) is 13.8 Å². The van der Waals surface area contributed by atoms with Crippen LogP contribution in [-0.4, -0.2) is 36.6 Å². The second kappa shape index (κ2) is 6.14. The Kier molecular flexibility index (Phi) is 4.97. The number of carbonyl (C=O) groups excluding carboxylic acids is 1. The average molecular weight is 319 g/mol. The molecule has 0 aliphatic rings. The van der Waals surface area contributed by atoms with Crippen molar-refractivity contribution in [3.8, 4) is 0 Å². The summed E-state index contributed by atoms with van der Waals surface area (Å²) in [7, 11) is -4.19. The average Bonchev–Trinajstić information content (AvgIpc) is 2.34. The van der Waals surface area contributed by atoms with Crippen LogP contribution in [0.2, 0.25) is 0 Å². The largest absolute Gasteiger partial charge is 0.369 e. The number of hydrogen-bond donors (Lipinski definition) is 1. The van der Waals surface area contributed by atoms with Crippen molar-refractivity contribution in [2.24, 2.45) is 5.73 Å². The second-order valence-corrected chi connectivity index (χ2v) is 6.13. The van der Waals surface area contributed by atoms with Gasteiger partial charge in [0.05, 0.1) is 16.4 Å². The molecule has 1 rings (SSSR count). The standard InChI is InChI=1S/C11H14FN3O5S/c1-3-14(6-11(13)16)21(19,20)10-5-9(15(17)18)8(12)4-7(10)2/h4-5H,3,6H2,1-2H3,(H2,13,16). The van der Waals surface area contributed by atoms with Gasteiger partial charge in [0, 0.05) is 12.6 Å². The van der Waals surface area contributed by atoms with Crippen LogP contribution in [0, 0.1) is 22.9 Å². The highest BCUT2D eigenvalue weighted by Gasteiger charge is 2.29. The summed E-state index contributed by atoms with van der Waals surface area (Å²) in [5.41, 5.74) is 4.02. The van der Waals surface area contributed by atoms with Crippen molar-refractivity contribution in [3.63, 3.8) is 0 Å². The molecule has 0 atom stereocenters. The number of halogens is 1. The number of hydrogen-bond acceptors (Lipinski definition) is 5. The third-order valence-electron chi connectivity index (χ3n) is 2.74. The quantitative estimate of drug-likeness (QED) is 0.605. The molecule has 0 unspecified atom stereocenters. The first-order valence-electron chi connectivity index (χ1n) is 5.84. The van der Waals surface area contributed by atoms with Crippen LogP contribution in [-0.2, 0) is 14.8 Å². The molecule has 10 heteroatoms. The first-order chi connectivity index (χ1) is 9.61. The Balaban J connectivity index is 3.46. The Morgan fingerprint density at radius 2 is 2.05 bits per heavy atom. The minimum atomic E-state index is -4.19. The Morgan fingerprint density at radius 3 is 2.48 bits per heavy atom. The number of nitrogens with two attached hydrogens (primary N) is 1. The number of aryl methyl sites for hydroxylation is 1. The highest BCUT2D eigenvalue weighted by Crippen LogP contribution is 2.27. The summed E-state index contributed by atoms with van der Waals surface area (Å²) in [6.45, 7) is 2.16. The zero-order valence-electron chi connectivity index (χ0n) is 11.4. The first kappa shape index (κ1) is 17.0. The minimum absolute atomic E-state index is 0.000945. The Labute approximate surface area is 120 Å². The summed E-state index contributed by atoms with van der Waals surface area (Å²) >= 11 is 0. The van der Waals surface area contributed by atoms with Gasteiger partial charge < -0.3 is 5.73 Å². The van der Waals surface area contributed by atoms with E-state index in [0.717, 1.165) is 10.4 Å². The normalized spacial score (nSPS) is 11.6. The molecular formula is C11H14FN3O5S. The van der Waals surface area contributed by atoms with Crippen LogP contribution < -0.4 is 5.73 Å². The summed E-state index contributed by atoms with van der Waals surface area (Å²) in [6.07, 6.45) is 0. The molecule has 1 amide bonds. The third-order valence-corrected chi connectivity index (χ3v) is 4.81. The van der Waals surface area contributed by atoms with E-state index in [4.69, 9.17) is 5.73 Å². The van der Waals surface area contributed by atoms with E-state index in [1.807, 2.05) is 0 Å². The van der Waals surface area contributed by atoms with Gasteiger partial charge in [-0.25, -0.2) is 8.42 Å². The van der Waals surface area contributed by atoms with Gasteiger partial charge in [-0.15, -0.1) is 0 Å². The fourth-order valence-electron chi connectivity index (χ4n) is 1.74. The molecule has 0 aliphatic carbocycles. The van der Waals surface area contributed by atoms with E-state index < -0.39 is 43.8 Å². The van der Waals surface area contributed by atoms with Gasteiger partial charge >= 0.3 is 5.69 Å². The van der Waals surface area contributed by atoms with Crippen molar-refractivity contribution >= 4 is 21.6 Å². The second-order valence-electron chi connectivity index (χ2n) is 4.22. The van der Waals surface area contributed by atoms with Gasteiger partial charge in [0.1, 0.15) is 0 Å². The first-order valence-corrected chi connectivity index (χ1v) is 7.28. The van der Waals surface area contributed by atoms with E-state index in [-0.39, 0.29) is 12.1 Å². The zero-order valence-corrected chi connectivity index (χ0v) is 12.2. The van der Waals surface area contributed by atoms with Gasteiger partial charge in [0.2, 0.25) is 21.7 Å². The number of primary amides is 1. The van der Waals surface area contributed by atoms with Gasteiger partial charge in [0.15, 0.2) is 0 Å². The molecule has 2 N–H and O–H groups in total. The molecule has 0 heterocycles. The molecule has 0 bridgehead atoms. The van der Waals surface area contributed by atoms with Crippen LogP contribution in [0.4, 0.5) is 10.1 Å². The number of nitrogens with zero attached hydrogens (tertiary/aromatic N) is 2. The van der Waals surface area contributed by atoms with Crippen LogP contribution in [0.25, 0.3) is 0 Å². The monoisotopic (exact) mass is 319 g/mol. The summed E-state index contributed by atoms with van der Waals surface area (Å²) in [5, 5.41) is 10.7. The summed E-state index contributed by atoms with van der Waals surface area (Å²) < 4.78 is 39.0. The lowest BCUT2D eigenvalue weighted by atomic mass is 10.2. The summed E-state index contributed by atoms with van der Waals surface area (Å²) in [6, 6.07) is 1.41. The van der Waals surface area contributed by atoms with Crippen molar-refractivity contribution in [1.82, 2.24) is 4.31 Å². The number of nitro benzene ring substituents is 1. The number of likely N-dealkylation sites (N-methyl/N-ethyl adjacent to an activating group) is 1. The van der Waals surface area contributed by atoms with E-state index in [1.54, 1.807) is 0 Å². The Bertz CT molecular complexity index is 689. The molecule has 116 valence electrons. The zero-order chi connectivity index (χ0) is 16.4. The smallest absolute Gasteiger partial charge is 0.306 e. The van der Waals surface area contributed by atoms with Crippen LogP contribution in [0.15, 0.2) is 17.0 Å². The molecule has 0 aromatic heterocycles. The van der Waals surface area contributed by atoms with E-state index in [9.17, 15) is 27.7 Å². The summed E-state index contributed by atoms with van der Waals surface area (Å²) in [5.74, 6) is -2.00. The van der Waals surface area contributed by atoms with Crippen LogP contribution >= 0.6 is 0 Å². The highest BCUT2D eigenvalue weighted by atomic mass is 32.2. The van der Waals surface area contributed by atoms with Crippen LogP contribution in [0.5, 0.6) is 0 Å². The Morgan fingerprint density at radius 1 is 1.48 bits per heavy atom. The maximum Gasteiger partial charge on any atom is 0.306 e. The SMILES string of the molecule is CCN(CC(N)=O)S(=O)(=O)c1cc([N+](=O)[O-])c(F)cc1C. The highest BCUT2D eigenvalue weighted by molar-refractivity contribution is 7.89. The van der Waals surface area contributed by atoms with Crippen molar-refractivity contribution in [3.05, 3.63) is 33.6 Å². The number of rotatable bonds is 6. The van der Waals surface area contributed by atoms with E-state index in [0.29, 0.717) is 6.07 Å². The number of nitro groups is 1. The minimum Gasteiger partial charge on any atom is -0.369 e. The predicted molar refractivity (Wildman–Crippen MR) is 71.4 cm³/mol. The topological polar surface area (TPSA) is 124 Å². The fraction of sp³-hybridized carbons (Fsp3) is 0.364. The van der Waals surface area contributed by atoms with Crippen LogP contribution in [0.1, 0.15) is 12.5 Å². The number of amides is 1. The molecule has 0 radical (unpaired) electrons. The molecule has 8 nitrogen and oxygen atoms in total. The predicted octanol–water partition coefficient (Wildman–Crippen LogP) is 0.538. The molecule has 0 fully saturated rings.